The summed E-state index contributed by atoms with van der Waals surface area (Å²) in [5.41, 5.74) is 0. The first-order valence-corrected chi connectivity index (χ1v) is 8.19. The van der Waals surface area contributed by atoms with Crippen LogP contribution in [0.1, 0.15) is 39.5 Å². The fraction of sp³-hybridized carbons (Fsp3) is 1.00. The molecular formula is C16H30N2. The molecule has 3 saturated carbocycles. The van der Waals surface area contributed by atoms with Crippen molar-refractivity contribution in [1.82, 2.24) is 10.6 Å². The van der Waals surface area contributed by atoms with Crippen LogP contribution in [0.3, 0.4) is 0 Å². The molecule has 0 heterocycles. The molecule has 0 amide bonds. The Morgan fingerprint density at radius 2 is 1.67 bits per heavy atom. The van der Waals surface area contributed by atoms with Crippen molar-refractivity contribution < 1.29 is 0 Å². The van der Waals surface area contributed by atoms with Crippen LogP contribution < -0.4 is 10.6 Å². The van der Waals surface area contributed by atoms with E-state index in [1.807, 2.05) is 0 Å². The average molecular weight is 250 g/mol. The van der Waals surface area contributed by atoms with E-state index in [4.69, 9.17) is 0 Å². The zero-order valence-corrected chi connectivity index (χ0v) is 12.1. The standard InChI is InChI=1S/C16H30N2/c1-11(2)9-17-6-3-7-18-10-14-15-12-4-5-13(8-12)16(14)15/h11-18H,3-10H2,1-2H3. The zero-order chi connectivity index (χ0) is 12.5. The minimum Gasteiger partial charge on any atom is -0.316 e. The topological polar surface area (TPSA) is 24.1 Å². The van der Waals surface area contributed by atoms with E-state index in [9.17, 15) is 0 Å². The van der Waals surface area contributed by atoms with Crippen molar-refractivity contribution in [1.29, 1.82) is 0 Å². The second-order valence-corrected chi connectivity index (χ2v) is 7.31. The Hall–Kier alpha value is -0.0800. The van der Waals surface area contributed by atoms with Gasteiger partial charge in [-0.3, -0.25) is 0 Å². The largest absolute Gasteiger partial charge is 0.316 e. The predicted octanol–water partition coefficient (Wildman–Crippen LogP) is 2.50. The fourth-order valence-corrected chi connectivity index (χ4v) is 4.78. The van der Waals surface area contributed by atoms with Gasteiger partial charge in [0, 0.05) is 0 Å². The van der Waals surface area contributed by atoms with Crippen LogP contribution in [0, 0.1) is 35.5 Å². The van der Waals surface area contributed by atoms with Crippen molar-refractivity contribution in [3.8, 4) is 0 Å². The molecule has 3 aliphatic rings. The fourth-order valence-electron chi connectivity index (χ4n) is 4.78. The first-order valence-electron chi connectivity index (χ1n) is 8.19. The van der Waals surface area contributed by atoms with Crippen LogP contribution in [0.15, 0.2) is 0 Å². The highest BCUT2D eigenvalue weighted by Gasteiger charge is 2.64. The maximum Gasteiger partial charge on any atom is -0.00148 e. The molecule has 0 aromatic heterocycles. The molecule has 3 fully saturated rings. The van der Waals surface area contributed by atoms with Crippen LogP contribution in [-0.2, 0) is 0 Å². The summed E-state index contributed by atoms with van der Waals surface area (Å²) in [5, 5.41) is 7.21. The van der Waals surface area contributed by atoms with Gasteiger partial charge >= 0.3 is 0 Å². The molecule has 3 rings (SSSR count). The Kier molecular flexibility index (Phi) is 3.95. The van der Waals surface area contributed by atoms with Crippen LogP contribution in [0.25, 0.3) is 0 Å². The minimum atomic E-state index is 0.777. The van der Waals surface area contributed by atoms with Crippen molar-refractivity contribution in [3.05, 3.63) is 0 Å². The summed E-state index contributed by atoms with van der Waals surface area (Å²) in [5.74, 6) is 6.42. The highest BCUT2D eigenvalue weighted by atomic mass is 14.9. The van der Waals surface area contributed by atoms with E-state index in [-0.39, 0.29) is 0 Å². The molecule has 4 atom stereocenters. The molecule has 0 spiro atoms. The molecule has 0 aliphatic heterocycles. The maximum absolute atomic E-state index is 3.69. The third-order valence-electron chi connectivity index (χ3n) is 5.53. The normalized spacial score (nSPS) is 40.5. The Bertz CT molecular complexity index is 260. The van der Waals surface area contributed by atoms with Gasteiger partial charge in [-0.25, -0.2) is 0 Å². The Morgan fingerprint density at radius 1 is 1.00 bits per heavy atom. The summed E-state index contributed by atoms with van der Waals surface area (Å²) in [7, 11) is 0. The molecule has 18 heavy (non-hydrogen) atoms. The van der Waals surface area contributed by atoms with Crippen LogP contribution in [0.5, 0.6) is 0 Å². The van der Waals surface area contributed by atoms with Gasteiger partial charge < -0.3 is 10.6 Å². The summed E-state index contributed by atoms with van der Waals surface area (Å²) in [6, 6.07) is 0. The van der Waals surface area contributed by atoms with Crippen molar-refractivity contribution in [2.75, 3.05) is 26.2 Å². The highest BCUT2D eigenvalue weighted by molar-refractivity contribution is 5.13. The van der Waals surface area contributed by atoms with E-state index < -0.39 is 0 Å². The van der Waals surface area contributed by atoms with Gasteiger partial charge in [0.05, 0.1) is 0 Å². The first-order chi connectivity index (χ1) is 8.77. The van der Waals surface area contributed by atoms with E-state index >= 15 is 0 Å². The van der Waals surface area contributed by atoms with Gasteiger partial charge in [-0.15, -0.1) is 0 Å². The van der Waals surface area contributed by atoms with Gasteiger partial charge in [0.25, 0.3) is 0 Å². The number of hydrogen-bond acceptors (Lipinski definition) is 2. The lowest BCUT2D eigenvalue weighted by Gasteiger charge is -2.10. The molecule has 0 aromatic carbocycles. The lowest BCUT2D eigenvalue weighted by molar-refractivity contribution is 0.439. The molecular weight excluding hydrogens is 220 g/mol. The summed E-state index contributed by atoms with van der Waals surface area (Å²) >= 11 is 0. The van der Waals surface area contributed by atoms with Crippen molar-refractivity contribution in [2.45, 2.75) is 39.5 Å². The molecule has 3 aliphatic carbocycles. The Morgan fingerprint density at radius 3 is 2.33 bits per heavy atom. The molecule has 104 valence electrons. The van der Waals surface area contributed by atoms with Gasteiger partial charge in [-0.2, -0.15) is 0 Å². The molecule has 2 bridgehead atoms. The first kappa shape index (κ1) is 12.9. The summed E-state index contributed by atoms with van der Waals surface area (Å²) in [6.45, 7) is 9.39. The lowest BCUT2D eigenvalue weighted by Crippen LogP contribution is -2.26. The number of fused-ring (bicyclic) bond motifs is 5. The maximum atomic E-state index is 3.69. The molecule has 2 heteroatoms. The van der Waals surface area contributed by atoms with Gasteiger partial charge in [-0.1, -0.05) is 13.8 Å². The van der Waals surface area contributed by atoms with E-state index in [2.05, 4.69) is 24.5 Å². The summed E-state index contributed by atoms with van der Waals surface area (Å²) in [4.78, 5) is 0. The number of rotatable bonds is 8. The average Bonchev–Trinajstić information content (AvgIpc) is 2.74. The van der Waals surface area contributed by atoms with Gasteiger partial charge in [0.15, 0.2) is 0 Å². The van der Waals surface area contributed by atoms with E-state index in [1.165, 1.54) is 26.1 Å². The smallest absolute Gasteiger partial charge is 0.00148 e. The second kappa shape index (κ2) is 5.50. The van der Waals surface area contributed by atoms with Crippen molar-refractivity contribution in [2.24, 2.45) is 35.5 Å². The Labute approximate surface area is 112 Å². The predicted molar refractivity (Wildman–Crippen MR) is 76.5 cm³/mol. The van der Waals surface area contributed by atoms with E-state index in [1.54, 1.807) is 19.3 Å². The SMILES string of the molecule is CC(C)CNCCCNCC1C2C3CCC(C3)C12. The van der Waals surface area contributed by atoms with Crippen molar-refractivity contribution in [3.63, 3.8) is 0 Å². The van der Waals surface area contributed by atoms with Crippen LogP contribution >= 0.6 is 0 Å². The van der Waals surface area contributed by atoms with Crippen molar-refractivity contribution >= 4 is 0 Å². The van der Waals surface area contributed by atoms with E-state index in [0.29, 0.717) is 0 Å². The molecule has 2 nitrogen and oxygen atoms in total. The van der Waals surface area contributed by atoms with Crippen LogP contribution in [0.2, 0.25) is 0 Å². The van der Waals surface area contributed by atoms with Gasteiger partial charge in [0.2, 0.25) is 0 Å². The molecule has 0 radical (unpaired) electrons. The van der Waals surface area contributed by atoms with Gasteiger partial charge in [-0.05, 0) is 87.4 Å². The second-order valence-electron chi connectivity index (χ2n) is 7.31. The zero-order valence-electron chi connectivity index (χ0n) is 12.1. The Balaban J connectivity index is 1.21. The van der Waals surface area contributed by atoms with E-state index in [0.717, 1.165) is 42.1 Å². The lowest BCUT2D eigenvalue weighted by atomic mass is 10.0. The quantitative estimate of drug-likeness (QED) is 0.647. The summed E-state index contributed by atoms with van der Waals surface area (Å²) in [6.07, 6.45) is 5.98. The molecule has 0 aromatic rings. The van der Waals surface area contributed by atoms with Crippen LogP contribution in [-0.4, -0.2) is 26.2 Å². The molecule has 0 saturated heterocycles. The summed E-state index contributed by atoms with van der Waals surface area (Å²) < 4.78 is 0. The van der Waals surface area contributed by atoms with Crippen LogP contribution in [0.4, 0.5) is 0 Å². The number of nitrogens with one attached hydrogen (secondary N) is 2. The third-order valence-corrected chi connectivity index (χ3v) is 5.53. The number of hydrogen-bond donors (Lipinski definition) is 2. The molecule has 2 N–H and O–H groups in total. The molecule has 4 unspecified atom stereocenters. The minimum absolute atomic E-state index is 0.777. The van der Waals surface area contributed by atoms with Gasteiger partial charge in [0.1, 0.15) is 0 Å². The highest BCUT2D eigenvalue weighted by Crippen LogP contribution is 2.69. The third kappa shape index (κ3) is 2.60. The monoisotopic (exact) mass is 250 g/mol.